The number of aliphatic hydroxyl groups excluding tert-OH is 1. The van der Waals surface area contributed by atoms with Crippen molar-refractivity contribution in [2.75, 3.05) is 0 Å². The molecule has 5 nitrogen and oxygen atoms in total. The van der Waals surface area contributed by atoms with Crippen molar-refractivity contribution < 1.29 is 32.0 Å². The van der Waals surface area contributed by atoms with Gasteiger partial charge < -0.3 is 5.11 Å². The van der Waals surface area contributed by atoms with Gasteiger partial charge in [-0.3, -0.25) is 10.1 Å². The molecule has 0 atom stereocenters. The monoisotopic (exact) mass is 272 g/mol. The van der Waals surface area contributed by atoms with Crippen molar-refractivity contribution in [3.63, 3.8) is 0 Å². The van der Waals surface area contributed by atoms with E-state index in [1.165, 1.54) is 0 Å². The van der Waals surface area contributed by atoms with Crippen molar-refractivity contribution >= 4 is 5.69 Å². The summed E-state index contributed by atoms with van der Waals surface area (Å²) in [7, 11) is 0. The predicted molar refractivity (Wildman–Crippen MR) is 46.8 cm³/mol. The van der Waals surface area contributed by atoms with Crippen molar-refractivity contribution in [1.82, 2.24) is 4.98 Å². The molecule has 1 heterocycles. The Morgan fingerprint density at radius 3 is 2.33 bits per heavy atom. The van der Waals surface area contributed by atoms with Crippen LogP contribution in [-0.2, 0) is 12.8 Å². The average Bonchev–Trinajstić information content (AvgIpc) is 2.25. The van der Waals surface area contributed by atoms with Crippen molar-refractivity contribution in [3.05, 3.63) is 33.1 Å². The molecule has 18 heavy (non-hydrogen) atoms. The second kappa shape index (κ2) is 4.80. The maximum atomic E-state index is 12.4. The van der Waals surface area contributed by atoms with Gasteiger partial charge in [-0.2, -0.15) is 13.2 Å². The molecule has 0 saturated heterocycles. The molecule has 0 aromatic carbocycles. The Bertz CT molecular complexity index is 475. The molecule has 0 fully saturated rings. The molecule has 0 radical (unpaired) electrons. The molecule has 1 aromatic heterocycles. The van der Waals surface area contributed by atoms with Crippen LogP contribution in [0.15, 0.2) is 6.07 Å². The summed E-state index contributed by atoms with van der Waals surface area (Å²) in [6.45, 7) is -1.12. The summed E-state index contributed by atoms with van der Waals surface area (Å²) in [5, 5.41) is 19.1. The number of halogens is 5. The molecular formula is C8H5F5N2O3. The van der Waals surface area contributed by atoms with Crippen LogP contribution in [0.1, 0.15) is 23.4 Å². The SMILES string of the molecule is O=[N+]([O-])c1cc(C(F)(F)F)c(C(F)F)nc1CO. The van der Waals surface area contributed by atoms with E-state index in [4.69, 9.17) is 5.11 Å². The summed E-state index contributed by atoms with van der Waals surface area (Å²) >= 11 is 0. The van der Waals surface area contributed by atoms with E-state index in [0.717, 1.165) is 0 Å². The second-order valence-electron chi connectivity index (χ2n) is 3.10. The van der Waals surface area contributed by atoms with E-state index >= 15 is 0 Å². The zero-order chi connectivity index (χ0) is 14.1. The predicted octanol–water partition coefficient (Wildman–Crippen LogP) is 2.44. The Kier molecular flexibility index (Phi) is 3.79. The lowest BCUT2D eigenvalue weighted by Crippen LogP contribution is -2.14. The summed E-state index contributed by atoms with van der Waals surface area (Å²) in [4.78, 5) is 12.0. The molecule has 10 heteroatoms. The zero-order valence-corrected chi connectivity index (χ0v) is 8.41. The molecular weight excluding hydrogens is 267 g/mol. The molecule has 0 unspecified atom stereocenters. The van der Waals surface area contributed by atoms with E-state index in [1.807, 2.05) is 0 Å². The largest absolute Gasteiger partial charge is 0.418 e. The lowest BCUT2D eigenvalue weighted by molar-refractivity contribution is -0.386. The Morgan fingerprint density at radius 1 is 1.44 bits per heavy atom. The normalized spacial score (nSPS) is 11.9. The van der Waals surface area contributed by atoms with Crippen molar-refractivity contribution in [2.24, 2.45) is 0 Å². The number of nitro groups is 1. The second-order valence-corrected chi connectivity index (χ2v) is 3.10. The first-order valence-corrected chi connectivity index (χ1v) is 4.33. The minimum atomic E-state index is -5.20. The van der Waals surface area contributed by atoms with Gasteiger partial charge in [0, 0.05) is 6.07 Å². The van der Waals surface area contributed by atoms with Crippen LogP contribution in [-0.4, -0.2) is 15.0 Å². The Labute approximate surface area is 96.0 Å². The Hall–Kier alpha value is -1.84. The van der Waals surface area contributed by atoms with Crippen LogP contribution in [0, 0.1) is 10.1 Å². The van der Waals surface area contributed by atoms with E-state index < -0.39 is 46.8 Å². The number of pyridine rings is 1. The fraction of sp³-hybridized carbons (Fsp3) is 0.375. The number of alkyl halides is 5. The molecule has 1 aromatic rings. The maximum Gasteiger partial charge on any atom is 0.418 e. The Balaban J connectivity index is 3.58. The first kappa shape index (κ1) is 14.2. The zero-order valence-electron chi connectivity index (χ0n) is 8.41. The third-order valence-electron chi connectivity index (χ3n) is 1.97. The summed E-state index contributed by atoms with van der Waals surface area (Å²) in [6, 6.07) is -0.0555. The standard InChI is InChI=1S/C8H5F5N2O3/c9-7(10)6-3(8(11,12)13)1-5(15(17)18)4(2-16)14-6/h1,7,16H,2H2. The molecule has 0 bridgehead atoms. The fourth-order valence-electron chi connectivity index (χ4n) is 1.22. The van der Waals surface area contributed by atoms with Crippen LogP contribution in [0.5, 0.6) is 0 Å². The van der Waals surface area contributed by atoms with Crippen molar-refractivity contribution in [2.45, 2.75) is 19.2 Å². The number of aliphatic hydroxyl groups is 1. The first-order chi connectivity index (χ1) is 8.18. The van der Waals surface area contributed by atoms with Crippen LogP contribution in [0.2, 0.25) is 0 Å². The molecule has 1 N–H and O–H groups in total. The van der Waals surface area contributed by atoms with Gasteiger partial charge in [0.05, 0.1) is 17.1 Å². The molecule has 1 rings (SSSR count). The van der Waals surface area contributed by atoms with E-state index in [0.29, 0.717) is 0 Å². The molecule has 0 spiro atoms. The van der Waals surface area contributed by atoms with E-state index in [2.05, 4.69) is 4.98 Å². The Morgan fingerprint density at radius 2 is 2.00 bits per heavy atom. The van der Waals surface area contributed by atoms with Crippen LogP contribution in [0.3, 0.4) is 0 Å². The van der Waals surface area contributed by atoms with E-state index in [-0.39, 0.29) is 6.07 Å². The molecule has 0 amide bonds. The summed E-state index contributed by atoms with van der Waals surface area (Å²) in [5.74, 6) is 0. The van der Waals surface area contributed by atoms with Gasteiger partial charge >= 0.3 is 6.18 Å². The number of hydrogen-bond acceptors (Lipinski definition) is 4. The highest BCUT2D eigenvalue weighted by Gasteiger charge is 2.39. The third kappa shape index (κ3) is 2.70. The molecule has 0 aliphatic heterocycles. The van der Waals surface area contributed by atoms with Gasteiger partial charge in [0.1, 0.15) is 11.4 Å². The molecule has 0 aliphatic carbocycles. The topological polar surface area (TPSA) is 76.3 Å². The third-order valence-corrected chi connectivity index (χ3v) is 1.97. The van der Waals surface area contributed by atoms with Crippen LogP contribution in [0.25, 0.3) is 0 Å². The highest BCUT2D eigenvalue weighted by atomic mass is 19.4. The van der Waals surface area contributed by atoms with Gasteiger partial charge in [-0.1, -0.05) is 0 Å². The van der Waals surface area contributed by atoms with Gasteiger partial charge in [0.25, 0.3) is 12.1 Å². The maximum absolute atomic E-state index is 12.4. The number of nitrogens with zero attached hydrogens (tertiary/aromatic N) is 2. The van der Waals surface area contributed by atoms with Gasteiger partial charge in [-0.25, -0.2) is 13.8 Å². The van der Waals surface area contributed by atoms with Gasteiger partial charge in [0.15, 0.2) is 0 Å². The highest BCUT2D eigenvalue weighted by Crippen LogP contribution is 2.38. The van der Waals surface area contributed by atoms with E-state index in [9.17, 15) is 32.1 Å². The summed E-state index contributed by atoms with van der Waals surface area (Å²) < 4.78 is 62.1. The van der Waals surface area contributed by atoms with Crippen LogP contribution in [0.4, 0.5) is 27.6 Å². The highest BCUT2D eigenvalue weighted by molar-refractivity contribution is 5.42. The summed E-state index contributed by atoms with van der Waals surface area (Å²) in [6.07, 6.45) is -8.76. The lowest BCUT2D eigenvalue weighted by Gasteiger charge is -2.12. The number of hydrogen-bond donors (Lipinski definition) is 1. The minimum Gasteiger partial charge on any atom is -0.390 e. The van der Waals surface area contributed by atoms with Crippen LogP contribution >= 0.6 is 0 Å². The molecule has 0 saturated carbocycles. The lowest BCUT2D eigenvalue weighted by atomic mass is 10.1. The summed E-state index contributed by atoms with van der Waals surface area (Å²) in [5.41, 5.74) is -5.53. The number of aromatic nitrogens is 1. The van der Waals surface area contributed by atoms with Crippen LogP contribution < -0.4 is 0 Å². The number of rotatable bonds is 3. The molecule has 100 valence electrons. The first-order valence-electron chi connectivity index (χ1n) is 4.33. The van der Waals surface area contributed by atoms with Gasteiger partial charge in [0.2, 0.25) is 0 Å². The van der Waals surface area contributed by atoms with Gasteiger partial charge in [-0.05, 0) is 0 Å². The van der Waals surface area contributed by atoms with Crippen molar-refractivity contribution in [1.29, 1.82) is 0 Å². The molecule has 0 aliphatic rings. The van der Waals surface area contributed by atoms with Gasteiger partial charge in [-0.15, -0.1) is 0 Å². The quantitative estimate of drug-likeness (QED) is 0.521. The minimum absolute atomic E-state index is 0.0555. The average molecular weight is 272 g/mol. The fourth-order valence-corrected chi connectivity index (χ4v) is 1.22. The smallest absolute Gasteiger partial charge is 0.390 e. The van der Waals surface area contributed by atoms with E-state index in [1.54, 1.807) is 0 Å². The van der Waals surface area contributed by atoms with Crippen molar-refractivity contribution in [3.8, 4) is 0 Å².